The quantitative estimate of drug-likeness (QED) is 0.0778. The van der Waals surface area contributed by atoms with Gasteiger partial charge in [-0.25, -0.2) is 0 Å². The third kappa shape index (κ3) is 12.4. The molecule has 0 saturated heterocycles. The van der Waals surface area contributed by atoms with E-state index in [4.69, 9.17) is 9.47 Å². The molecule has 428 valence electrons. The Morgan fingerprint density at radius 2 is 0.679 bits per heavy atom. The molecule has 18 atom stereocenters. The lowest BCUT2D eigenvalue weighted by molar-refractivity contribution is -0.153. The fourth-order valence-corrected chi connectivity index (χ4v) is 16.6. The van der Waals surface area contributed by atoms with Crippen LogP contribution in [-0.2, 0) is 52.6 Å². The van der Waals surface area contributed by atoms with E-state index in [9.17, 15) is 63.6 Å². The van der Waals surface area contributed by atoms with Crippen LogP contribution in [0.3, 0.4) is 0 Å². The van der Waals surface area contributed by atoms with Crippen LogP contribution in [0.1, 0.15) is 154 Å². The van der Waals surface area contributed by atoms with E-state index < -0.39 is 83.1 Å². The number of rotatable bonds is 18. The Hall–Kier alpha value is -5.17. The second-order valence-corrected chi connectivity index (χ2v) is 25.4. The topological polar surface area (TPSA) is 301 Å². The van der Waals surface area contributed by atoms with Crippen molar-refractivity contribution in [2.24, 2.45) is 82.9 Å². The Bertz CT molecular complexity index is 2200. The van der Waals surface area contributed by atoms with Crippen LogP contribution in [0.4, 0.5) is 0 Å². The van der Waals surface area contributed by atoms with Crippen LogP contribution < -0.4 is 21.3 Å². The lowest BCUT2D eigenvalue weighted by atomic mass is 9.66. The highest BCUT2D eigenvalue weighted by molar-refractivity contribution is 5.91. The summed E-state index contributed by atoms with van der Waals surface area (Å²) in [5, 5.41) is 52.7. The fourth-order valence-electron chi connectivity index (χ4n) is 16.6. The van der Waals surface area contributed by atoms with Gasteiger partial charge in [-0.15, -0.1) is 0 Å². The molecule has 0 aromatic rings. The lowest BCUT2D eigenvalue weighted by Crippen LogP contribution is -2.49. The predicted octanol–water partition coefficient (Wildman–Crippen LogP) is 5.58. The average molecular weight is 1090 g/mol. The number of ketones is 1. The molecule has 10 rings (SSSR count). The SMILES string of the molecule is O=C(C1CCC(C(=O)O)C(C(=O)NC2CCC(OC3CCCC(NC(=O)C4C5C=CC(C5)C4C(=O)O)C3)CC2)C1)C1CCC(C(=O)O)C(C(=O)NC2CCC(OC3CCCC(NC(=O)C4C5C=CC(C5)C4C(=O)O)C3)CC2)C1. The van der Waals surface area contributed by atoms with E-state index in [0.717, 1.165) is 38.5 Å². The zero-order valence-corrected chi connectivity index (χ0v) is 44.8. The number of nitrogens with one attached hydrogen (secondary N) is 4. The Kier molecular flexibility index (Phi) is 17.5. The van der Waals surface area contributed by atoms with Gasteiger partial charge in [0.15, 0.2) is 0 Å². The normalized spacial score (nSPS) is 41.8. The zero-order chi connectivity index (χ0) is 54.9. The number of Topliss-reactive ketones (excluding diaryl/α,β-unsaturated/α-hetero) is 1. The summed E-state index contributed by atoms with van der Waals surface area (Å²) in [6, 6.07) is -0.567. The second kappa shape index (κ2) is 24.3. The number of fused-ring (bicyclic) bond motifs is 4. The minimum Gasteiger partial charge on any atom is -0.481 e. The summed E-state index contributed by atoms with van der Waals surface area (Å²) in [4.78, 5) is 118. The Morgan fingerprint density at radius 3 is 1.04 bits per heavy atom. The second-order valence-electron chi connectivity index (χ2n) is 25.4. The van der Waals surface area contributed by atoms with E-state index in [1.807, 2.05) is 24.3 Å². The van der Waals surface area contributed by atoms with Gasteiger partial charge in [0, 0.05) is 36.0 Å². The summed E-state index contributed by atoms with van der Waals surface area (Å²) in [5.74, 6) is -13.0. The third-order valence-electron chi connectivity index (χ3n) is 20.7. The molecule has 8 saturated carbocycles. The van der Waals surface area contributed by atoms with Gasteiger partial charge in [-0.05, 0) is 178 Å². The van der Waals surface area contributed by atoms with Crippen molar-refractivity contribution in [3.05, 3.63) is 24.3 Å². The summed E-state index contributed by atoms with van der Waals surface area (Å²) in [6.45, 7) is 0. The first kappa shape index (κ1) is 56.1. The first-order valence-corrected chi connectivity index (χ1v) is 29.8. The molecule has 0 radical (unpaired) electrons. The molecule has 8 N–H and O–H groups in total. The number of allylic oxidation sites excluding steroid dienone is 4. The number of ether oxygens (including phenoxy) is 2. The average Bonchev–Trinajstić information content (AvgIpc) is 4.43. The molecule has 8 fully saturated rings. The zero-order valence-electron chi connectivity index (χ0n) is 44.8. The number of carbonyl (C=O) groups excluding carboxylic acids is 5. The van der Waals surface area contributed by atoms with Gasteiger partial charge >= 0.3 is 23.9 Å². The van der Waals surface area contributed by atoms with Crippen LogP contribution >= 0.6 is 0 Å². The highest BCUT2D eigenvalue weighted by Gasteiger charge is 2.54. The summed E-state index contributed by atoms with van der Waals surface area (Å²) in [6.07, 6.45) is 21.8. The van der Waals surface area contributed by atoms with Gasteiger partial charge in [0.05, 0.1) is 71.8 Å². The van der Waals surface area contributed by atoms with Crippen molar-refractivity contribution in [3.8, 4) is 0 Å². The molecule has 0 heterocycles. The number of aliphatic carboxylic acids is 4. The molecule has 18 unspecified atom stereocenters. The van der Waals surface area contributed by atoms with Crippen molar-refractivity contribution in [2.45, 2.75) is 203 Å². The van der Waals surface area contributed by atoms with Crippen LogP contribution in [0, 0.1) is 82.9 Å². The number of carboxylic acids is 4. The smallest absolute Gasteiger partial charge is 0.307 e. The molecule has 0 aromatic carbocycles. The highest BCUT2D eigenvalue weighted by Crippen LogP contribution is 2.50. The van der Waals surface area contributed by atoms with Crippen LogP contribution in [-0.4, -0.2) is 122 Å². The van der Waals surface area contributed by atoms with E-state index in [1.54, 1.807) is 0 Å². The van der Waals surface area contributed by atoms with Gasteiger partial charge in [0.2, 0.25) is 23.6 Å². The van der Waals surface area contributed by atoms with Crippen molar-refractivity contribution in [1.29, 1.82) is 0 Å². The molecule has 0 spiro atoms. The van der Waals surface area contributed by atoms with Crippen molar-refractivity contribution < 1.29 is 73.1 Å². The van der Waals surface area contributed by atoms with E-state index in [1.165, 1.54) is 0 Å². The Balaban J connectivity index is 0.657. The van der Waals surface area contributed by atoms with Crippen molar-refractivity contribution in [1.82, 2.24) is 21.3 Å². The van der Waals surface area contributed by atoms with Crippen molar-refractivity contribution >= 4 is 53.3 Å². The minimum absolute atomic E-state index is 0.0383. The predicted molar refractivity (Wildman–Crippen MR) is 279 cm³/mol. The van der Waals surface area contributed by atoms with Gasteiger partial charge in [-0.1, -0.05) is 24.3 Å². The Morgan fingerprint density at radius 1 is 0.321 bits per heavy atom. The maximum Gasteiger partial charge on any atom is 0.307 e. The summed E-state index contributed by atoms with van der Waals surface area (Å²) < 4.78 is 13.1. The number of carbonyl (C=O) groups is 9. The molecule has 0 aromatic heterocycles. The molecular weight excluding hydrogens is 1000 g/mol. The first-order valence-electron chi connectivity index (χ1n) is 29.8. The largest absolute Gasteiger partial charge is 0.481 e. The van der Waals surface area contributed by atoms with Crippen LogP contribution in [0.2, 0.25) is 0 Å². The highest BCUT2D eigenvalue weighted by atomic mass is 16.5. The van der Waals surface area contributed by atoms with Crippen LogP contribution in [0.15, 0.2) is 24.3 Å². The minimum atomic E-state index is -1.08. The summed E-state index contributed by atoms with van der Waals surface area (Å²) in [5.41, 5.74) is 0. The first-order chi connectivity index (χ1) is 37.5. The van der Waals surface area contributed by atoms with E-state index >= 15 is 0 Å². The van der Waals surface area contributed by atoms with Gasteiger partial charge in [-0.2, -0.15) is 0 Å². The monoisotopic (exact) mass is 1090 g/mol. The Labute approximate surface area is 456 Å². The summed E-state index contributed by atoms with van der Waals surface area (Å²) in [7, 11) is 0. The van der Waals surface area contributed by atoms with Crippen LogP contribution in [0.25, 0.3) is 0 Å². The van der Waals surface area contributed by atoms with Gasteiger partial charge in [0.25, 0.3) is 0 Å². The van der Waals surface area contributed by atoms with E-state index in [0.29, 0.717) is 89.9 Å². The van der Waals surface area contributed by atoms with Crippen LogP contribution in [0.5, 0.6) is 0 Å². The van der Waals surface area contributed by atoms with Crippen molar-refractivity contribution in [2.75, 3.05) is 0 Å². The van der Waals surface area contributed by atoms with E-state index in [2.05, 4.69) is 21.3 Å². The lowest BCUT2D eigenvalue weighted by Gasteiger charge is -2.39. The summed E-state index contributed by atoms with van der Waals surface area (Å²) >= 11 is 0. The van der Waals surface area contributed by atoms with Gasteiger partial charge < -0.3 is 51.2 Å². The maximum absolute atomic E-state index is 14.3. The number of carboxylic acid groups (broad SMARTS) is 4. The molecule has 10 aliphatic rings. The molecule has 4 amide bonds. The van der Waals surface area contributed by atoms with Gasteiger partial charge in [0.1, 0.15) is 5.78 Å². The molecule has 19 heteroatoms. The third-order valence-corrected chi connectivity index (χ3v) is 20.7. The van der Waals surface area contributed by atoms with E-state index in [-0.39, 0.29) is 127 Å². The standard InChI is InChI=1S/C59H82N4O15/c64-51(33-11-21-43(56(69)70)45(25-33)52(65)60-35-13-17-39(18-14-35)77-41-5-1-3-37(27-41)62-54(67)47-29-7-9-31(23-29)49(47)58(73)74)34-12-22-44(57(71)72)46(26-34)53(66)61-36-15-19-40(20-16-36)78-42-6-2-4-38(28-42)63-55(68)48-30-8-10-32(24-30)50(48)59(75)76/h7-10,29-50H,1-6,11-28H2,(H,60,65)(H,61,66)(H,62,67)(H,63,68)(H,69,70)(H,71,72)(H,73,74)(H,75,76). The molecule has 0 aliphatic heterocycles. The molecule has 10 aliphatic carbocycles. The maximum atomic E-state index is 14.3. The number of amides is 4. The molecule has 78 heavy (non-hydrogen) atoms. The molecular formula is C59H82N4O15. The van der Waals surface area contributed by atoms with Crippen molar-refractivity contribution in [3.63, 3.8) is 0 Å². The fraction of sp³-hybridized carbons (Fsp3) is 0.780. The molecule has 4 bridgehead atoms. The van der Waals surface area contributed by atoms with Gasteiger partial charge in [-0.3, -0.25) is 43.2 Å². The molecule has 19 nitrogen and oxygen atoms in total. The number of hydrogen-bond donors (Lipinski definition) is 8. The number of hydrogen-bond acceptors (Lipinski definition) is 11.